The molecule has 0 unspecified atom stereocenters. The number of aromatic nitrogens is 2. The Kier molecular flexibility index (Phi) is 3.38. The second-order valence-electron chi connectivity index (χ2n) is 5.86. The molecule has 0 bridgehead atoms. The second-order valence-corrected chi connectivity index (χ2v) is 5.86. The minimum atomic E-state index is -0.475. The van der Waals surface area contributed by atoms with Gasteiger partial charge in [-0.05, 0) is 50.2 Å². The van der Waals surface area contributed by atoms with Gasteiger partial charge in [0, 0.05) is 0 Å². The van der Waals surface area contributed by atoms with Gasteiger partial charge in [-0.1, -0.05) is 18.5 Å². The lowest BCUT2D eigenvalue weighted by atomic mass is 9.76. The Labute approximate surface area is 118 Å². The fraction of sp³-hybridized carbons (Fsp3) is 0.600. The Morgan fingerprint density at radius 2 is 2.15 bits per heavy atom. The van der Waals surface area contributed by atoms with E-state index in [4.69, 9.17) is 14.7 Å². The first-order valence-electron chi connectivity index (χ1n) is 7.30. The molecule has 0 atom stereocenters. The molecule has 0 amide bonds. The van der Waals surface area contributed by atoms with Crippen molar-refractivity contribution < 1.29 is 8.94 Å². The van der Waals surface area contributed by atoms with Crippen molar-refractivity contribution in [1.29, 1.82) is 0 Å². The first kappa shape index (κ1) is 13.4. The van der Waals surface area contributed by atoms with Gasteiger partial charge in [0.05, 0.1) is 11.8 Å². The molecule has 2 N–H and O–H groups in total. The summed E-state index contributed by atoms with van der Waals surface area (Å²) in [6.45, 7) is 4.19. The summed E-state index contributed by atoms with van der Waals surface area (Å²) in [7, 11) is 0. The van der Waals surface area contributed by atoms with Crippen molar-refractivity contribution in [3.63, 3.8) is 0 Å². The quantitative estimate of drug-likeness (QED) is 0.928. The lowest BCUT2D eigenvalue weighted by Crippen LogP contribution is -2.40. The summed E-state index contributed by atoms with van der Waals surface area (Å²) >= 11 is 0. The third-order valence-electron chi connectivity index (χ3n) is 4.49. The maximum atomic E-state index is 6.48. The van der Waals surface area contributed by atoms with E-state index >= 15 is 0 Å². The smallest absolute Gasteiger partial charge is 0.247 e. The van der Waals surface area contributed by atoms with Crippen LogP contribution in [0.2, 0.25) is 0 Å². The lowest BCUT2D eigenvalue weighted by Gasteiger charge is -2.33. The summed E-state index contributed by atoms with van der Waals surface area (Å²) in [5.74, 6) is 2.47. The summed E-state index contributed by atoms with van der Waals surface area (Å²) < 4.78 is 10.8. The molecule has 0 radical (unpaired) electrons. The van der Waals surface area contributed by atoms with E-state index in [-0.39, 0.29) is 0 Å². The third-order valence-corrected chi connectivity index (χ3v) is 4.49. The number of rotatable bonds is 3. The molecule has 1 aliphatic carbocycles. The normalized spacial score (nSPS) is 26.9. The van der Waals surface area contributed by atoms with E-state index in [9.17, 15) is 0 Å². The van der Waals surface area contributed by atoms with Crippen LogP contribution in [0.5, 0.6) is 0 Å². The van der Waals surface area contributed by atoms with E-state index in [1.807, 2.05) is 13.0 Å². The van der Waals surface area contributed by atoms with Crippen molar-refractivity contribution in [2.75, 3.05) is 0 Å². The van der Waals surface area contributed by atoms with Gasteiger partial charge in [0.1, 0.15) is 0 Å². The topological polar surface area (TPSA) is 78.1 Å². The summed E-state index contributed by atoms with van der Waals surface area (Å²) in [6.07, 6.45) is 6.92. The van der Waals surface area contributed by atoms with Gasteiger partial charge in [0.25, 0.3) is 0 Å². The van der Waals surface area contributed by atoms with Crippen LogP contribution in [-0.2, 0) is 5.54 Å². The van der Waals surface area contributed by atoms with Crippen molar-refractivity contribution in [3.8, 4) is 11.6 Å². The number of furan rings is 1. The molecule has 1 fully saturated rings. The Hall–Kier alpha value is -1.62. The van der Waals surface area contributed by atoms with E-state index < -0.39 is 5.54 Å². The minimum Gasteiger partial charge on any atom is -0.461 e. The lowest BCUT2D eigenvalue weighted by molar-refractivity contribution is 0.181. The van der Waals surface area contributed by atoms with Crippen molar-refractivity contribution >= 4 is 0 Å². The summed E-state index contributed by atoms with van der Waals surface area (Å²) in [6, 6.07) is 1.88. The molecule has 3 rings (SSSR count). The molecule has 0 aliphatic heterocycles. The molecule has 1 aliphatic rings. The van der Waals surface area contributed by atoms with Crippen molar-refractivity contribution in [2.24, 2.45) is 11.7 Å². The minimum absolute atomic E-state index is 0.475. The zero-order chi connectivity index (χ0) is 14.2. The molecule has 0 spiro atoms. The highest BCUT2D eigenvalue weighted by atomic mass is 16.5. The van der Waals surface area contributed by atoms with Crippen molar-refractivity contribution in [3.05, 3.63) is 23.8 Å². The SMILES string of the molecule is CCC1CCC(N)(c2nc(-c3occc3C)no2)CC1. The van der Waals surface area contributed by atoms with Gasteiger partial charge in [-0.3, -0.25) is 0 Å². The van der Waals surface area contributed by atoms with Crippen LogP contribution in [0.25, 0.3) is 11.6 Å². The number of hydrogen-bond acceptors (Lipinski definition) is 5. The van der Waals surface area contributed by atoms with Crippen LogP contribution in [0.4, 0.5) is 0 Å². The predicted molar refractivity (Wildman–Crippen MR) is 74.9 cm³/mol. The highest BCUT2D eigenvalue weighted by Crippen LogP contribution is 2.38. The van der Waals surface area contributed by atoms with E-state index in [2.05, 4.69) is 17.1 Å². The molecular formula is C15H21N3O2. The van der Waals surface area contributed by atoms with E-state index in [0.717, 1.165) is 37.2 Å². The maximum absolute atomic E-state index is 6.48. The van der Waals surface area contributed by atoms with Gasteiger partial charge >= 0.3 is 0 Å². The van der Waals surface area contributed by atoms with Crippen LogP contribution in [0.15, 0.2) is 21.3 Å². The monoisotopic (exact) mass is 275 g/mol. The fourth-order valence-electron chi connectivity index (χ4n) is 2.93. The highest BCUT2D eigenvalue weighted by Gasteiger charge is 2.38. The Bertz CT molecular complexity index is 579. The average Bonchev–Trinajstić information content (AvgIpc) is 3.08. The molecule has 2 aromatic rings. The van der Waals surface area contributed by atoms with Crippen LogP contribution >= 0.6 is 0 Å². The first-order valence-corrected chi connectivity index (χ1v) is 7.30. The molecule has 20 heavy (non-hydrogen) atoms. The predicted octanol–water partition coefficient (Wildman–Crippen LogP) is 3.39. The Balaban J connectivity index is 1.82. The zero-order valence-electron chi connectivity index (χ0n) is 12.1. The standard InChI is InChI=1S/C15H21N3O2/c1-3-11-4-7-15(16,8-5-11)14-17-13(18-20-14)12-10(2)6-9-19-12/h6,9,11H,3-5,7-8,16H2,1-2H3. The van der Waals surface area contributed by atoms with Gasteiger partial charge in [-0.25, -0.2) is 0 Å². The van der Waals surface area contributed by atoms with Crippen molar-refractivity contribution in [2.45, 2.75) is 51.5 Å². The molecule has 0 aromatic carbocycles. The summed E-state index contributed by atoms with van der Waals surface area (Å²) in [5.41, 5.74) is 7.00. The summed E-state index contributed by atoms with van der Waals surface area (Å²) in [5, 5.41) is 4.02. The number of nitrogens with zero attached hydrogens (tertiary/aromatic N) is 2. The molecule has 2 aromatic heterocycles. The third kappa shape index (κ3) is 2.26. The molecule has 1 saturated carbocycles. The van der Waals surface area contributed by atoms with Gasteiger partial charge in [-0.15, -0.1) is 0 Å². The van der Waals surface area contributed by atoms with Gasteiger partial charge in [0.15, 0.2) is 5.76 Å². The van der Waals surface area contributed by atoms with Crippen LogP contribution < -0.4 is 5.73 Å². The second kappa shape index (κ2) is 5.05. The highest BCUT2D eigenvalue weighted by molar-refractivity contribution is 5.51. The summed E-state index contributed by atoms with van der Waals surface area (Å²) in [4.78, 5) is 4.46. The molecule has 5 heteroatoms. The molecule has 0 saturated heterocycles. The van der Waals surface area contributed by atoms with Gasteiger partial charge in [-0.2, -0.15) is 4.98 Å². The zero-order valence-corrected chi connectivity index (χ0v) is 12.1. The van der Waals surface area contributed by atoms with Crippen LogP contribution in [0.1, 0.15) is 50.5 Å². The van der Waals surface area contributed by atoms with Gasteiger partial charge < -0.3 is 14.7 Å². The Morgan fingerprint density at radius 1 is 1.40 bits per heavy atom. The van der Waals surface area contributed by atoms with E-state index in [1.165, 1.54) is 6.42 Å². The maximum Gasteiger partial charge on any atom is 0.247 e. The average molecular weight is 275 g/mol. The molecule has 2 heterocycles. The fourth-order valence-corrected chi connectivity index (χ4v) is 2.93. The number of nitrogens with two attached hydrogens (primary N) is 1. The van der Waals surface area contributed by atoms with Crippen LogP contribution in [0, 0.1) is 12.8 Å². The van der Waals surface area contributed by atoms with Crippen LogP contribution in [-0.4, -0.2) is 10.1 Å². The van der Waals surface area contributed by atoms with Gasteiger partial charge in [0.2, 0.25) is 11.7 Å². The Morgan fingerprint density at radius 3 is 2.75 bits per heavy atom. The van der Waals surface area contributed by atoms with Crippen LogP contribution in [0.3, 0.4) is 0 Å². The van der Waals surface area contributed by atoms with Crippen molar-refractivity contribution in [1.82, 2.24) is 10.1 Å². The number of aryl methyl sites for hydroxylation is 1. The first-order chi connectivity index (χ1) is 9.62. The van der Waals surface area contributed by atoms with E-state index in [1.54, 1.807) is 6.26 Å². The number of hydrogen-bond donors (Lipinski definition) is 1. The molecular weight excluding hydrogens is 254 g/mol. The molecule has 5 nitrogen and oxygen atoms in total. The molecule has 108 valence electrons. The largest absolute Gasteiger partial charge is 0.461 e. The van der Waals surface area contributed by atoms with E-state index in [0.29, 0.717) is 17.5 Å².